The number of rotatable bonds is 5. The van der Waals surface area contributed by atoms with E-state index in [9.17, 15) is 10.4 Å². The van der Waals surface area contributed by atoms with Gasteiger partial charge in [-0.2, -0.15) is 5.26 Å². The lowest BCUT2D eigenvalue weighted by Crippen LogP contribution is -2.47. The number of fused-ring (bicyclic) bond motifs is 1. The van der Waals surface area contributed by atoms with Crippen molar-refractivity contribution in [2.75, 3.05) is 26.4 Å². The first kappa shape index (κ1) is 21.7. The highest BCUT2D eigenvalue weighted by Gasteiger charge is 2.39. The minimum atomic E-state index is -0.993. The summed E-state index contributed by atoms with van der Waals surface area (Å²) in [6, 6.07) is 15.7. The molecule has 0 spiro atoms. The molecular weight excluding hydrogens is 444 g/mol. The number of nitriles is 1. The first-order valence-electron chi connectivity index (χ1n) is 11.7. The molecule has 0 radical (unpaired) electrons. The van der Waals surface area contributed by atoms with Crippen molar-refractivity contribution >= 4 is 11.0 Å². The van der Waals surface area contributed by atoms with Crippen LogP contribution in [0.25, 0.3) is 33.4 Å². The largest absolute Gasteiger partial charge is 0.489 e. The average molecular weight is 469 g/mol. The van der Waals surface area contributed by atoms with E-state index < -0.39 is 5.60 Å². The Morgan fingerprint density at radius 1 is 1.03 bits per heavy atom. The molecule has 5 heterocycles. The van der Waals surface area contributed by atoms with Crippen molar-refractivity contribution in [3.05, 3.63) is 66.1 Å². The SMILES string of the molecule is N#Cc1cc(-c2ccnc3[nH]c(-c4ccc(C5(O)COC5)nc4)cc23)ccc1OC1CCOCC1. The summed E-state index contributed by atoms with van der Waals surface area (Å²) in [7, 11) is 0. The summed E-state index contributed by atoms with van der Waals surface area (Å²) in [5.74, 6) is 0.605. The number of H-pyrrole nitrogens is 1. The molecule has 2 N–H and O–H groups in total. The molecule has 2 fully saturated rings. The molecular formula is C27H24N4O4. The Kier molecular flexibility index (Phi) is 5.46. The highest BCUT2D eigenvalue weighted by Crippen LogP contribution is 2.35. The maximum Gasteiger partial charge on any atom is 0.153 e. The number of aliphatic hydroxyl groups is 1. The quantitative estimate of drug-likeness (QED) is 0.456. The fraction of sp³-hybridized carbons (Fsp3) is 0.296. The number of pyridine rings is 2. The van der Waals surface area contributed by atoms with E-state index in [0.29, 0.717) is 30.2 Å². The number of nitrogens with zero attached hydrogens (tertiary/aromatic N) is 3. The molecule has 2 saturated heterocycles. The highest BCUT2D eigenvalue weighted by molar-refractivity contribution is 5.96. The van der Waals surface area contributed by atoms with Crippen molar-refractivity contribution in [1.82, 2.24) is 15.0 Å². The van der Waals surface area contributed by atoms with Crippen molar-refractivity contribution in [2.24, 2.45) is 0 Å². The van der Waals surface area contributed by atoms with E-state index in [1.165, 1.54) is 0 Å². The molecule has 6 rings (SSSR count). The predicted molar refractivity (Wildman–Crippen MR) is 129 cm³/mol. The van der Waals surface area contributed by atoms with Gasteiger partial charge in [-0.05, 0) is 47.5 Å². The molecule has 1 aromatic carbocycles. The van der Waals surface area contributed by atoms with Crippen LogP contribution in [0.5, 0.6) is 5.75 Å². The molecule has 176 valence electrons. The molecule has 2 aliphatic heterocycles. The molecule has 0 atom stereocenters. The van der Waals surface area contributed by atoms with Gasteiger partial charge in [-0.3, -0.25) is 4.98 Å². The Labute approximate surface area is 202 Å². The molecule has 8 nitrogen and oxygen atoms in total. The van der Waals surface area contributed by atoms with Crippen LogP contribution in [0, 0.1) is 11.3 Å². The smallest absolute Gasteiger partial charge is 0.153 e. The van der Waals surface area contributed by atoms with Crippen LogP contribution in [0.2, 0.25) is 0 Å². The second kappa shape index (κ2) is 8.78. The van der Waals surface area contributed by atoms with E-state index in [-0.39, 0.29) is 19.3 Å². The molecule has 0 saturated carbocycles. The molecule has 0 unspecified atom stereocenters. The summed E-state index contributed by atoms with van der Waals surface area (Å²) >= 11 is 0. The number of hydrogen-bond donors (Lipinski definition) is 2. The number of benzene rings is 1. The summed E-state index contributed by atoms with van der Waals surface area (Å²) in [6.45, 7) is 1.90. The minimum absolute atomic E-state index is 0.0686. The summed E-state index contributed by atoms with van der Waals surface area (Å²) in [6.07, 6.45) is 5.22. The fourth-order valence-corrected chi connectivity index (χ4v) is 4.57. The van der Waals surface area contributed by atoms with Crippen LogP contribution in [-0.4, -0.2) is 52.6 Å². The zero-order valence-electron chi connectivity index (χ0n) is 19.0. The van der Waals surface area contributed by atoms with Crippen LogP contribution in [0.15, 0.2) is 54.9 Å². The van der Waals surface area contributed by atoms with Gasteiger partial charge in [0.1, 0.15) is 23.6 Å². The predicted octanol–water partition coefficient (Wildman–Crippen LogP) is 3.94. The van der Waals surface area contributed by atoms with Crippen LogP contribution in [-0.2, 0) is 15.1 Å². The van der Waals surface area contributed by atoms with E-state index in [2.05, 4.69) is 21.0 Å². The van der Waals surface area contributed by atoms with Crippen molar-refractivity contribution in [1.29, 1.82) is 5.26 Å². The van der Waals surface area contributed by atoms with Gasteiger partial charge in [-0.25, -0.2) is 4.98 Å². The van der Waals surface area contributed by atoms with E-state index in [0.717, 1.165) is 46.3 Å². The first-order valence-corrected chi connectivity index (χ1v) is 11.7. The van der Waals surface area contributed by atoms with Gasteiger partial charge in [-0.15, -0.1) is 0 Å². The lowest BCUT2D eigenvalue weighted by molar-refractivity contribution is -0.186. The molecule has 0 bridgehead atoms. The van der Waals surface area contributed by atoms with Gasteiger partial charge >= 0.3 is 0 Å². The van der Waals surface area contributed by atoms with Gasteiger partial charge in [0.25, 0.3) is 0 Å². The second-order valence-corrected chi connectivity index (χ2v) is 9.01. The van der Waals surface area contributed by atoms with E-state index >= 15 is 0 Å². The number of ether oxygens (including phenoxy) is 3. The zero-order chi connectivity index (χ0) is 23.8. The van der Waals surface area contributed by atoms with E-state index in [1.54, 1.807) is 12.4 Å². The van der Waals surface area contributed by atoms with Crippen molar-refractivity contribution in [2.45, 2.75) is 24.5 Å². The van der Waals surface area contributed by atoms with Gasteiger partial charge in [0.05, 0.1) is 37.7 Å². The van der Waals surface area contributed by atoms with Gasteiger partial charge in [0.2, 0.25) is 0 Å². The molecule has 8 heteroatoms. The third kappa shape index (κ3) is 4.04. The number of nitrogens with one attached hydrogen (secondary N) is 1. The number of aromatic nitrogens is 3. The molecule has 2 aliphatic rings. The highest BCUT2D eigenvalue weighted by atomic mass is 16.5. The summed E-state index contributed by atoms with van der Waals surface area (Å²) in [5.41, 5.74) is 4.51. The number of aromatic amines is 1. The fourth-order valence-electron chi connectivity index (χ4n) is 4.57. The second-order valence-electron chi connectivity index (χ2n) is 9.01. The summed E-state index contributed by atoms with van der Waals surface area (Å²) in [4.78, 5) is 12.3. The van der Waals surface area contributed by atoms with Gasteiger partial charge in [-0.1, -0.05) is 6.07 Å². The Morgan fingerprint density at radius 2 is 1.86 bits per heavy atom. The lowest BCUT2D eigenvalue weighted by Gasteiger charge is -2.35. The van der Waals surface area contributed by atoms with Gasteiger partial charge in [0.15, 0.2) is 5.60 Å². The number of hydrogen-bond acceptors (Lipinski definition) is 7. The minimum Gasteiger partial charge on any atom is -0.489 e. The summed E-state index contributed by atoms with van der Waals surface area (Å²) < 4.78 is 16.6. The van der Waals surface area contributed by atoms with Crippen LogP contribution < -0.4 is 4.74 Å². The molecule has 35 heavy (non-hydrogen) atoms. The maximum absolute atomic E-state index is 10.4. The average Bonchev–Trinajstić information content (AvgIpc) is 3.33. The van der Waals surface area contributed by atoms with Crippen LogP contribution in [0.3, 0.4) is 0 Å². The Hall–Kier alpha value is -3.77. The van der Waals surface area contributed by atoms with E-state index in [1.807, 2.05) is 42.5 Å². The third-order valence-electron chi connectivity index (χ3n) is 6.64. The Balaban J connectivity index is 1.31. The maximum atomic E-state index is 10.4. The van der Waals surface area contributed by atoms with Crippen molar-refractivity contribution in [3.8, 4) is 34.2 Å². The molecule has 4 aromatic rings. The van der Waals surface area contributed by atoms with Gasteiger partial charge < -0.3 is 24.3 Å². The van der Waals surface area contributed by atoms with E-state index in [4.69, 9.17) is 14.2 Å². The van der Waals surface area contributed by atoms with Crippen LogP contribution in [0.1, 0.15) is 24.1 Å². The Bertz CT molecular complexity index is 1410. The monoisotopic (exact) mass is 468 g/mol. The third-order valence-corrected chi connectivity index (χ3v) is 6.64. The lowest BCUT2D eigenvalue weighted by atomic mass is 9.96. The normalized spacial score (nSPS) is 17.6. The molecule has 3 aromatic heterocycles. The first-order chi connectivity index (χ1) is 17.1. The van der Waals surface area contributed by atoms with Crippen LogP contribution in [0.4, 0.5) is 0 Å². The molecule has 0 aliphatic carbocycles. The molecule has 0 amide bonds. The van der Waals surface area contributed by atoms with Gasteiger partial charge in [0, 0.05) is 41.9 Å². The van der Waals surface area contributed by atoms with Crippen molar-refractivity contribution < 1.29 is 19.3 Å². The topological polar surface area (TPSA) is 113 Å². The zero-order valence-corrected chi connectivity index (χ0v) is 19.0. The van der Waals surface area contributed by atoms with Crippen LogP contribution >= 0.6 is 0 Å². The standard InChI is InChI=1S/C27H24N4O4/c28-13-19-11-17(1-3-24(19)35-20-6-9-33-10-7-20)21-5-8-29-26-22(21)12-23(31-26)18-2-4-25(30-14-18)27(32)15-34-16-27/h1-5,8,11-12,14,20,32H,6-7,9-10,15-16H2,(H,29,31). The summed E-state index contributed by atoms with van der Waals surface area (Å²) in [5, 5.41) is 21.2. The van der Waals surface area contributed by atoms with Crippen molar-refractivity contribution in [3.63, 3.8) is 0 Å². The Morgan fingerprint density at radius 3 is 2.57 bits per heavy atom.